The number of rotatable bonds is 9. The first-order chi connectivity index (χ1) is 15.1. The van der Waals surface area contributed by atoms with Crippen LogP contribution in [0.5, 0.6) is 5.88 Å². The van der Waals surface area contributed by atoms with E-state index in [1.807, 2.05) is 42.5 Å². The largest absolute Gasteiger partial charge is 0.478 e. The van der Waals surface area contributed by atoms with Gasteiger partial charge in [-0.05, 0) is 45.9 Å². The molecule has 6 heteroatoms. The van der Waals surface area contributed by atoms with Crippen molar-refractivity contribution in [3.8, 4) is 28.3 Å². The van der Waals surface area contributed by atoms with Gasteiger partial charge in [0.25, 0.3) is 0 Å². The standard InChI is InChI=1S/C25H27N5O/c1-25(2,18-23-27-29-30-28-23)14-9-15-31-24-17-21(19-10-5-3-6-11-19)16-22(26-24)20-12-7-4-8-13-20/h3-8,10-13,16-17H,9,14-15,18H2,1-2H3,(H,27,28,29,30). The zero-order chi connectivity index (χ0) is 21.5. The third kappa shape index (κ3) is 5.75. The Morgan fingerprint density at radius 3 is 2.26 bits per heavy atom. The Morgan fingerprint density at radius 2 is 1.58 bits per heavy atom. The van der Waals surface area contributed by atoms with Crippen LogP contribution in [-0.4, -0.2) is 32.2 Å². The highest BCUT2D eigenvalue weighted by Gasteiger charge is 2.20. The van der Waals surface area contributed by atoms with E-state index in [1.54, 1.807) is 0 Å². The number of benzene rings is 2. The van der Waals surface area contributed by atoms with Crippen molar-refractivity contribution in [2.24, 2.45) is 5.41 Å². The topological polar surface area (TPSA) is 76.6 Å². The maximum atomic E-state index is 6.10. The number of tetrazole rings is 1. The molecule has 0 spiro atoms. The van der Waals surface area contributed by atoms with Crippen molar-refractivity contribution < 1.29 is 4.74 Å². The molecule has 158 valence electrons. The van der Waals surface area contributed by atoms with Crippen molar-refractivity contribution in [1.82, 2.24) is 25.6 Å². The van der Waals surface area contributed by atoms with Gasteiger partial charge in [-0.15, -0.1) is 5.10 Å². The van der Waals surface area contributed by atoms with Crippen LogP contribution in [0.25, 0.3) is 22.4 Å². The number of H-pyrrole nitrogens is 1. The first-order valence-electron chi connectivity index (χ1n) is 10.6. The van der Waals surface area contributed by atoms with Gasteiger partial charge in [0.1, 0.15) is 5.82 Å². The maximum absolute atomic E-state index is 6.10. The Kier molecular flexibility index (Phi) is 6.36. The molecule has 6 nitrogen and oxygen atoms in total. The molecule has 2 aromatic carbocycles. The minimum Gasteiger partial charge on any atom is -0.478 e. The average Bonchev–Trinajstić information content (AvgIpc) is 3.30. The number of hydrogen-bond acceptors (Lipinski definition) is 5. The molecule has 0 aliphatic carbocycles. The van der Waals surface area contributed by atoms with Crippen LogP contribution < -0.4 is 4.74 Å². The lowest BCUT2D eigenvalue weighted by Gasteiger charge is -2.22. The van der Waals surface area contributed by atoms with Gasteiger partial charge in [0.2, 0.25) is 5.88 Å². The third-order valence-electron chi connectivity index (χ3n) is 5.26. The summed E-state index contributed by atoms with van der Waals surface area (Å²) in [5.41, 5.74) is 4.32. The number of aromatic amines is 1. The minimum absolute atomic E-state index is 0.0824. The summed E-state index contributed by atoms with van der Waals surface area (Å²) in [7, 11) is 0. The number of hydrogen-bond donors (Lipinski definition) is 1. The van der Waals surface area contributed by atoms with Crippen molar-refractivity contribution >= 4 is 0 Å². The average molecular weight is 414 g/mol. The van der Waals surface area contributed by atoms with Gasteiger partial charge in [-0.25, -0.2) is 10.1 Å². The number of aromatic nitrogens is 5. The normalized spacial score (nSPS) is 11.4. The van der Waals surface area contributed by atoms with Gasteiger partial charge in [-0.1, -0.05) is 74.5 Å². The Labute approximate surface area is 182 Å². The van der Waals surface area contributed by atoms with E-state index in [1.165, 1.54) is 0 Å². The molecule has 0 bridgehead atoms. The fourth-order valence-electron chi connectivity index (χ4n) is 3.66. The SMILES string of the molecule is CC(C)(CCCOc1cc(-c2ccccc2)cc(-c2ccccc2)n1)Cc1nnn[nH]1. The number of nitrogens with zero attached hydrogens (tertiary/aromatic N) is 4. The molecule has 2 heterocycles. The molecule has 0 unspecified atom stereocenters. The van der Waals surface area contributed by atoms with Crippen molar-refractivity contribution in [3.05, 3.63) is 78.6 Å². The summed E-state index contributed by atoms with van der Waals surface area (Å²) in [5.74, 6) is 1.47. The predicted octanol–water partition coefficient (Wildman–Crippen LogP) is 5.36. The van der Waals surface area contributed by atoms with Crippen LogP contribution in [0.2, 0.25) is 0 Å². The third-order valence-corrected chi connectivity index (χ3v) is 5.26. The fraction of sp³-hybridized carbons (Fsp3) is 0.280. The number of nitrogens with one attached hydrogen (secondary N) is 1. The van der Waals surface area contributed by atoms with Crippen LogP contribution in [0, 0.1) is 5.41 Å². The highest BCUT2D eigenvalue weighted by Crippen LogP contribution is 2.29. The molecule has 0 radical (unpaired) electrons. The van der Waals surface area contributed by atoms with Gasteiger partial charge in [0.05, 0.1) is 12.3 Å². The van der Waals surface area contributed by atoms with E-state index < -0.39 is 0 Å². The van der Waals surface area contributed by atoms with Crippen LogP contribution in [0.15, 0.2) is 72.8 Å². The van der Waals surface area contributed by atoms with Gasteiger partial charge >= 0.3 is 0 Å². The Bertz CT molecular complexity index is 1020. The highest BCUT2D eigenvalue weighted by atomic mass is 16.5. The first-order valence-corrected chi connectivity index (χ1v) is 10.6. The van der Waals surface area contributed by atoms with Crippen LogP contribution in [0.3, 0.4) is 0 Å². The maximum Gasteiger partial charge on any atom is 0.214 e. The Hall–Kier alpha value is -3.54. The van der Waals surface area contributed by atoms with E-state index in [9.17, 15) is 0 Å². The second-order valence-electron chi connectivity index (χ2n) is 8.45. The van der Waals surface area contributed by atoms with Crippen molar-refractivity contribution in [2.45, 2.75) is 33.1 Å². The van der Waals surface area contributed by atoms with Gasteiger partial charge in [-0.3, -0.25) is 0 Å². The molecule has 0 amide bonds. The number of pyridine rings is 1. The van der Waals surface area contributed by atoms with E-state index in [-0.39, 0.29) is 5.41 Å². The van der Waals surface area contributed by atoms with E-state index in [4.69, 9.17) is 9.72 Å². The summed E-state index contributed by atoms with van der Waals surface area (Å²) in [6.45, 7) is 5.05. The lowest BCUT2D eigenvalue weighted by atomic mass is 9.84. The fourth-order valence-corrected chi connectivity index (χ4v) is 3.66. The summed E-state index contributed by atoms with van der Waals surface area (Å²) in [4.78, 5) is 4.77. The van der Waals surface area contributed by atoms with Crippen LogP contribution >= 0.6 is 0 Å². The molecule has 0 saturated carbocycles. The molecule has 0 fully saturated rings. The van der Waals surface area contributed by atoms with E-state index in [2.05, 4.69) is 64.8 Å². The number of ether oxygens (including phenoxy) is 1. The summed E-state index contributed by atoms with van der Waals surface area (Å²) < 4.78 is 6.10. The Morgan fingerprint density at radius 1 is 0.871 bits per heavy atom. The van der Waals surface area contributed by atoms with E-state index in [0.717, 1.165) is 47.5 Å². The monoisotopic (exact) mass is 413 g/mol. The molecule has 31 heavy (non-hydrogen) atoms. The van der Waals surface area contributed by atoms with E-state index >= 15 is 0 Å². The summed E-state index contributed by atoms with van der Waals surface area (Å²) in [6, 6.07) is 24.7. The Balaban J connectivity index is 1.46. The van der Waals surface area contributed by atoms with Crippen molar-refractivity contribution in [3.63, 3.8) is 0 Å². The zero-order valence-corrected chi connectivity index (χ0v) is 18.0. The van der Waals surface area contributed by atoms with Crippen LogP contribution in [0.1, 0.15) is 32.5 Å². The lowest BCUT2D eigenvalue weighted by Crippen LogP contribution is -2.17. The molecular weight excluding hydrogens is 386 g/mol. The predicted molar refractivity (Wildman–Crippen MR) is 122 cm³/mol. The van der Waals surface area contributed by atoms with Gasteiger partial charge < -0.3 is 4.74 Å². The smallest absolute Gasteiger partial charge is 0.214 e. The van der Waals surface area contributed by atoms with Gasteiger partial charge in [0, 0.05) is 18.1 Å². The molecule has 4 rings (SSSR count). The molecule has 2 aromatic heterocycles. The van der Waals surface area contributed by atoms with Gasteiger partial charge in [-0.2, -0.15) is 0 Å². The molecule has 0 saturated heterocycles. The van der Waals surface area contributed by atoms with Crippen LogP contribution in [-0.2, 0) is 6.42 Å². The van der Waals surface area contributed by atoms with Crippen molar-refractivity contribution in [1.29, 1.82) is 0 Å². The van der Waals surface area contributed by atoms with Gasteiger partial charge in [0.15, 0.2) is 0 Å². The summed E-state index contributed by atoms with van der Waals surface area (Å²) in [6.07, 6.45) is 2.73. The zero-order valence-electron chi connectivity index (χ0n) is 18.0. The molecule has 1 N–H and O–H groups in total. The summed E-state index contributed by atoms with van der Waals surface area (Å²) >= 11 is 0. The van der Waals surface area contributed by atoms with Crippen molar-refractivity contribution in [2.75, 3.05) is 6.61 Å². The highest BCUT2D eigenvalue weighted by molar-refractivity contribution is 5.71. The molecule has 0 atom stereocenters. The second kappa shape index (κ2) is 9.51. The molecule has 0 aliphatic rings. The quantitative estimate of drug-likeness (QED) is 0.374. The lowest BCUT2D eigenvalue weighted by molar-refractivity contribution is 0.247. The molecule has 4 aromatic rings. The first kappa shape index (κ1) is 20.7. The van der Waals surface area contributed by atoms with E-state index in [0.29, 0.717) is 12.5 Å². The second-order valence-corrected chi connectivity index (χ2v) is 8.45. The van der Waals surface area contributed by atoms with Crippen LogP contribution in [0.4, 0.5) is 0 Å². The molecule has 0 aliphatic heterocycles. The minimum atomic E-state index is 0.0824. The molecular formula is C25H27N5O. The summed E-state index contributed by atoms with van der Waals surface area (Å²) in [5, 5.41) is 14.1.